The Labute approximate surface area is 116 Å². The first-order valence-corrected chi connectivity index (χ1v) is 6.41. The minimum absolute atomic E-state index is 0.0613. The van der Waals surface area contributed by atoms with Crippen molar-refractivity contribution in [3.05, 3.63) is 35.7 Å². The summed E-state index contributed by atoms with van der Waals surface area (Å²) in [6.07, 6.45) is 3.27. The van der Waals surface area contributed by atoms with Gasteiger partial charge in [0.15, 0.2) is 0 Å². The van der Waals surface area contributed by atoms with Crippen LogP contribution in [-0.4, -0.2) is 46.7 Å². The summed E-state index contributed by atoms with van der Waals surface area (Å²) >= 11 is 0. The van der Waals surface area contributed by atoms with E-state index in [4.69, 9.17) is 4.74 Å². The number of aromatic nitrogens is 1. The fourth-order valence-electron chi connectivity index (χ4n) is 2.20. The molecule has 0 unspecified atom stereocenters. The fourth-order valence-corrected chi connectivity index (χ4v) is 2.20. The molecule has 20 heavy (non-hydrogen) atoms. The molecule has 0 bridgehead atoms. The first-order chi connectivity index (χ1) is 9.63. The van der Waals surface area contributed by atoms with E-state index in [1.54, 1.807) is 31.5 Å². The first-order valence-electron chi connectivity index (χ1n) is 6.41. The molecule has 0 saturated heterocycles. The van der Waals surface area contributed by atoms with E-state index >= 15 is 0 Å². The molecule has 0 aromatic carbocycles. The molecular formula is C14H16N2O4. The van der Waals surface area contributed by atoms with Gasteiger partial charge in [0.1, 0.15) is 0 Å². The van der Waals surface area contributed by atoms with Crippen LogP contribution < -0.4 is 0 Å². The Kier molecular flexibility index (Phi) is 4.34. The van der Waals surface area contributed by atoms with E-state index in [0.29, 0.717) is 13.0 Å². The maximum atomic E-state index is 11.7. The molecule has 0 atom stereocenters. The molecule has 0 spiro atoms. The lowest BCUT2D eigenvalue weighted by molar-refractivity contribution is -0.132. The van der Waals surface area contributed by atoms with E-state index in [-0.39, 0.29) is 18.7 Å². The van der Waals surface area contributed by atoms with Crippen molar-refractivity contribution in [2.24, 2.45) is 0 Å². The summed E-state index contributed by atoms with van der Waals surface area (Å²) in [5, 5.41) is 9.35. The van der Waals surface area contributed by atoms with E-state index in [2.05, 4.69) is 4.98 Å². The predicted molar refractivity (Wildman–Crippen MR) is 72.0 cm³/mol. The third-order valence-corrected chi connectivity index (χ3v) is 3.16. The monoisotopic (exact) mass is 276 g/mol. The minimum atomic E-state index is -1.01. The molecule has 0 saturated carbocycles. The van der Waals surface area contributed by atoms with Crippen molar-refractivity contribution < 1.29 is 19.4 Å². The van der Waals surface area contributed by atoms with Gasteiger partial charge in [0.2, 0.25) is 0 Å². The molecular weight excluding hydrogens is 260 g/mol. The van der Waals surface area contributed by atoms with Gasteiger partial charge in [0.05, 0.1) is 18.7 Å². The highest BCUT2D eigenvalue weighted by molar-refractivity contribution is 5.98. The van der Waals surface area contributed by atoms with Gasteiger partial charge in [-0.2, -0.15) is 0 Å². The molecule has 2 rings (SSSR count). The number of carboxylic acid groups (broad SMARTS) is 1. The first kappa shape index (κ1) is 14.0. The van der Waals surface area contributed by atoms with E-state index in [0.717, 1.165) is 11.1 Å². The Morgan fingerprint density at radius 3 is 2.70 bits per heavy atom. The second kappa shape index (κ2) is 6.18. The summed E-state index contributed by atoms with van der Waals surface area (Å²) in [5.74, 6) is -1.01. The van der Waals surface area contributed by atoms with Gasteiger partial charge in [-0.3, -0.25) is 4.98 Å². The summed E-state index contributed by atoms with van der Waals surface area (Å²) in [7, 11) is 0. The Morgan fingerprint density at radius 2 is 2.10 bits per heavy atom. The smallest absolute Gasteiger partial charge is 0.410 e. The predicted octanol–water partition coefficient (Wildman–Crippen LogP) is 1.78. The standard InChI is InChI=1S/C14H16N2O4/c1-2-20-14(19)16-8-5-11(12(9-16)13(17)18)10-3-6-15-7-4-10/h3-4,6-7H,2,5,8-9H2,1H3,(H,17,18). The molecule has 1 aliphatic rings. The number of hydrogen-bond donors (Lipinski definition) is 1. The molecule has 0 aliphatic carbocycles. The lowest BCUT2D eigenvalue weighted by atomic mass is 9.94. The number of carboxylic acids is 1. The summed E-state index contributed by atoms with van der Waals surface area (Å²) in [4.78, 5) is 28.4. The minimum Gasteiger partial charge on any atom is -0.478 e. The van der Waals surface area contributed by atoms with Crippen molar-refractivity contribution >= 4 is 17.6 Å². The van der Waals surface area contributed by atoms with Crippen molar-refractivity contribution in [3.63, 3.8) is 0 Å². The lowest BCUT2D eigenvalue weighted by Gasteiger charge is -2.28. The third kappa shape index (κ3) is 2.96. The van der Waals surface area contributed by atoms with Crippen LogP contribution in [0.1, 0.15) is 18.9 Å². The number of carbonyl (C=O) groups is 2. The zero-order valence-corrected chi connectivity index (χ0v) is 11.2. The molecule has 1 amide bonds. The average molecular weight is 276 g/mol. The van der Waals surface area contributed by atoms with Crippen LogP contribution in [0.2, 0.25) is 0 Å². The number of hydrogen-bond acceptors (Lipinski definition) is 4. The van der Waals surface area contributed by atoms with Crippen molar-refractivity contribution in [2.75, 3.05) is 19.7 Å². The molecule has 106 valence electrons. The molecule has 1 N–H and O–H groups in total. The zero-order chi connectivity index (χ0) is 14.5. The highest BCUT2D eigenvalue weighted by Gasteiger charge is 2.27. The van der Waals surface area contributed by atoms with Crippen LogP contribution in [0.4, 0.5) is 4.79 Å². The van der Waals surface area contributed by atoms with Crippen LogP contribution in [0.15, 0.2) is 30.1 Å². The number of pyridine rings is 1. The molecule has 6 heteroatoms. The van der Waals surface area contributed by atoms with Gasteiger partial charge in [-0.15, -0.1) is 0 Å². The topological polar surface area (TPSA) is 79.7 Å². The largest absolute Gasteiger partial charge is 0.478 e. The Bertz CT molecular complexity index is 539. The molecule has 0 radical (unpaired) electrons. The third-order valence-electron chi connectivity index (χ3n) is 3.16. The fraction of sp³-hybridized carbons (Fsp3) is 0.357. The van der Waals surface area contributed by atoms with Crippen LogP contribution in [-0.2, 0) is 9.53 Å². The summed E-state index contributed by atoms with van der Waals surface area (Å²) in [6.45, 7) is 2.51. The van der Waals surface area contributed by atoms with Crippen molar-refractivity contribution in [1.82, 2.24) is 9.88 Å². The van der Waals surface area contributed by atoms with Crippen LogP contribution in [0.5, 0.6) is 0 Å². The van der Waals surface area contributed by atoms with Gasteiger partial charge in [0.25, 0.3) is 0 Å². The number of rotatable bonds is 3. The van der Waals surface area contributed by atoms with E-state index < -0.39 is 12.1 Å². The SMILES string of the molecule is CCOC(=O)N1CCC(c2ccncc2)=C(C(=O)O)C1. The van der Waals surface area contributed by atoms with Crippen molar-refractivity contribution in [3.8, 4) is 0 Å². The maximum absolute atomic E-state index is 11.7. The van der Waals surface area contributed by atoms with Gasteiger partial charge < -0.3 is 14.7 Å². The summed E-state index contributed by atoms with van der Waals surface area (Å²) in [6, 6.07) is 3.55. The Morgan fingerprint density at radius 1 is 1.40 bits per heavy atom. The highest BCUT2D eigenvalue weighted by atomic mass is 16.6. The van der Waals surface area contributed by atoms with Gasteiger partial charge in [-0.1, -0.05) is 0 Å². The summed E-state index contributed by atoms with van der Waals surface area (Å²) in [5.41, 5.74) is 1.82. The normalized spacial score (nSPS) is 15.2. The van der Waals surface area contributed by atoms with Crippen LogP contribution >= 0.6 is 0 Å². The molecule has 2 heterocycles. The quantitative estimate of drug-likeness (QED) is 0.910. The second-order valence-corrected chi connectivity index (χ2v) is 4.37. The van der Waals surface area contributed by atoms with Crippen molar-refractivity contribution in [1.29, 1.82) is 0 Å². The van der Waals surface area contributed by atoms with Crippen LogP contribution in [0, 0.1) is 0 Å². The number of nitrogens with zero attached hydrogens (tertiary/aromatic N) is 2. The zero-order valence-electron chi connectivity index (χ0n) is 11.2. The number of carbonyl (C=O) groups excluding carboxylic acids is 1. The van der Waals surface area contributed by atoms with Crippen LogP contribution in [0.3, 0.4) is 0 Å². The van der Waals surface area contributed by atoms with Crippen LogP contribution in [0.25, 0.3) is 5.57 Å². The highest BCUT2D eigenvalue weighted by Crippen LogP contribution is 2.27. The Balaban J connectivity index is 2.28. The molecule has 0 fully saturated rings. The molecule has 1 aromatic heterocycles. The Hall–Kier alpha value is -2.37. The molecule has 1 aliphatic heterocycles. The maximum Gasteiger partial charge on any atom is 0.410 e. The number of amides is 1. The van der Waals surface area contributed by atoms with E-state index in [1.165, 1.54) is 4.90 Å². The van der Waals surface area contributed by atoms with Gasteiger partial charge in [-0.25, -0.2) is 9.59 Å². The number of aliphatic carboxylic acids is 1. The van der Waals surface area contributed by atoms with Crippen molar-refractivity contribution in [2.45, 2.75) is 13.3 Å². The lowest BCUT2D eigenvalue weighted by Crippen LogP contribution is -2.38. The summed E-state index contributed by atoms with van der Waals surface area (Å²) < 4.78 is 4.91. The second-order valence-electron chi connectivity index (χ2n) is 4.37. The van der Waals surface area contributed by atoms with Gasteiger partial charge >= 0.3 is 12.1 Å². The average Bonchev–Trinajstić information content (AvgIpc) is 2.47. The van der Waals surface area contributed by atoms with Gasteiger partial charge in [-0.05, 0) is 36.6 Å². The van der Waals surface area contributed by atoms with E-state index in [1.807, 2.05) is 0 Å². The molecule has 6 nitrogen and oxygen atoms in total. The van der Waals surface area contributed by atoms with E-state index in [9.17, 15) is 14.7 Å². The number of ether oxygens (including phenoxy) is 1. The van der Waals surface area contributed by atoms with Gasteiger partial charge in [0, 0.05) is 18.9 Å². The molecule has 1 aromatic rings.